The molecule has 0 atom stereocenters. The lowest BCUT2D eigenvalue weighted by Crippen LogP contribution is -2.49. The van der Waals surface area contributed by atoms with Crippen molar-refractivity contribution >= 4 is 45.8 Å². The number of fused-ring (bicyclic) bond motifs is 1. The van der Waals surface area contributed by atoms with E-state index in [2.05, 4.69) is 24.0 Å². The topological polar surface area (TPSA) is 45.7 Å². The normalized spacial score (nSPS) is 14.3. The lowest BCUT2D eigenvalue weighted by molar-refractivity contribution is 0.0746. The maximum atomic E-state index is 12.8. The summed E-state index contributed by atoms with van der Waals surface area (Å²) in [7, 11) is 1.66. The number of pyridine rings is 1. The zero-order valence-electron chi connectivity index (χ0n) is 16.3. The van der Waals surface area contributed by atoms with Crippen LogP contribution in [0.1, 0.15) is 15.9 Å². The molecular weight excluding hydrogens is 409 g/mol. The van der Waals surface area contributed by atoms with Crippen LogP contribution in [0.4, 0.5) is 5.82 Å². The van der Waals surface area contributed by atoms with E-state index in [0.29, 0.717) is 41.8 Å². The van der Waals surface area contributed by atoms with Crippen molar-refractivity contribution in [2.24, 2.45) is 0 Å². The number of para-hydroxylation sites is 1. The number of aryl methyl sites for hydroxylation is 1. The number of ether oxygens (including phenoxy) is 1. The molecule has 1 fully saturated rings. The first-order valence-corrected chi connectivity index (χ1v) is 10.2. The quantitative estimate of drug-likeness (QED) is 0.598. The molecule has 1 aliphatic heterocycles. The van der Waals surface area contributed by atoms with Crippen molar-refractivity contribution in [3.05, 3.63) is 63.6 Å². The third-order valence-corrected chi connectivity index (χ3v) is 5.82. The Morgan fingerprint density at radius 1 is 1.07 bits per heavy atom. The van der Waals surface area contributed by atoms with E-state index in [4.69, 9.17) is 32.9 Å². The zero-order valence-corrected chi connectivity index (χ0v) is 17.8. The van der Waals surface area contributed by atoms with Gasteiger partial charge < -0.3 is 14.5 Å². The molecule has 1 saturated heterocycles. The molecule has 1 aromatic heterocycles. The van der Waals surface area contributed by atoms with E-state index in [1.165, 1.54) is 0 Å². The average molecular weight is 430 g/mol. The first kappa shape index (κ1) is 19.8. The number of carbonyl (C=O) groups is 1. The molecule has 29 heavy (non-hydrogen) atoms. The predicted molar refractivity (Wildman–Crippen MR) is 118 cm³/mol. The molecule has 150 valence electrons. The third kappa shape index (κ3) is 3.85. The third-order valence-electron chi connectivity index (χ3n) is 5.27. The molecule has 2 aromatic carbocycles. The van der Waals surface area contributed by atoms with Gasteiger partial charge in [-0.25, -0.2) is 4.98 Å². The van der Waals surface area contributed by atoms with E-state index >= 15 is 0 Å². The van der Waals surface area contributed by atoms with E-state index in [-0.39, 0.29) is 5.91 Å². The summed E-state index contributed by atoms with van der Waals surface area (Å²) in [6.45, 7) is 4.67. The Hall–Kier alpha value is -2.50. The Bertz CT molecular complexity index is 1080. The SMILES string of the molecule is COc1cccc2c(C)cc(N3CCN(C(=O)c4ccc(Cl)cc4Cl)CC3)nc12. The van der Waals surface area contributed by atoms with Crippen molar-refractivity contribution in [2.45, 2.75) is 6.92 Å². The van der Waals surface area contributed by atoms with Crippen LogP contribution in [0.25, 0.3) is 10.9 Å². The highest BCUT2D eigenvalue weighted by Gasteiger charge is 2.25. The van der Waals surface area contributed by atoms with Crippen molar-refractivity contribution in [2.75, 3.05) is 38.2 Å². The number of benzene rings is 2. The Kier molecular flexibility index (Phi) is 5.52. The molecule has 3 aromatic rings. The molecule has 0 N–H and O–H groups in total. The summed E-state index contributed by atoms with van der Waals surface area (Å²) in [5.74, 6) is 1.59. The fourth-order valence-corrected chi connectivity index (χ4v) is 4.16. The van der Waals surface area contributed by atoms with Gasteiger partial charge in [-0.2, -0.15) is 0 Å². The van der Waals surface area contributed by atoms with Gasteiger partial charge in [0.2, 0.25) is 0 Å². The van der Waals surface area contributed by atoms with Crippen LogP contribution >= 0.6 is 23.2 Å². The predicted octanol–water partition coefficient (Wildman–Crippen LogP) is 4.82. The van der Waals surface area contributed by atoms with Crippen LogP contribution < -0.4 is 9.64 Å². The molecule has 1 aliphatic rings. The minimum atomic E-state index is -0.0735. The van der Waals surface area contributed by atoms with Crippen molar-refractivity contribution in [3.8, 4) is 5.75 Å². The second-order valence-electron chi connectivity index (χ2n) is 7.06. The number of aromatic nitrogens is 1. The van der Waals surface area contributed by atoms with Gasteiger partial charge in [-0.3, -0.25) is 4.79 Å². The average Bonchev–Trinajstić information content (AvgIpc) is 2.73. The second-order valence-corrected chi connectivity index (χ2v) is 7.90. The lowest BCUT2D eigenvalue weighted by Gasteiger charge is -2.35. The molecule has 0 bridgehead atoms. The summed E-state index contributed by atoms with van der Waals surface area (Å²) in [6.07, 6.45) is 0. The number of rotatable bonds is 3. The summed E-state index contributed by atoms with van der Waals surface area (Å²) in [5, 5.41) is 1.98. The highest BCUT2D eigenvalue weighted by molar-refractivity contribution is 6.36. The smallest absolute Gasteiger partial charge is 0.255 e. The van der Waals surface area contributed by atoms with Gasteiger partial charge in [0, 0.05) is 36.6 Å². The Balaban J connectivity index is 1.53. The monoisotopic (exact) mass is 429 g/mol. The Morgan fingerprint density at radius 2 is 1.83 bits per heavy atom. The second kappa shape index (κ2) is 8.09. The Morgan fingerprint density at radius 3 is 2.52 bits per heavy atom. The number of anilines is 1. The highest BCUT2D eigenvalue weighted by atomic mass is 35.5. The van der Waals surface area contributed by atoms with Gasteiger partial charge in [-0.15, -0.1) is 0 Å². The molecule has 0 aliphatic carbocycles. The number of amides is 1. The van der Waals surface area contributed by atoms with Gasteiger partial charge >= 0.3 is 0 Å². The van der Waals surface area contributed by atoms with E-state index < -0.39 is 0 Å². The standard InChI is InChI=1S/C22H21Cl2N3O2/c1-14-12-20(25-21-16(14)4-3-5-19(21)29-2)26-8-10-27(11-9-26)22(28)17-7-6-15(23)13-18(17)24/h3-7,12-13H,8-11H2,1-2H3. The van der Waals surface area contributed by atoms with Crippen LogP contribution in [-0.4, -0.2) is 49.1 Å². The van der Waals surface area contributed by atoms with Gasteiger partial charge in [0.25, 0.3) is 5.91 Å². The minimum Gasteiger partial charge on any atom is -0.494 e. The maximum Gasteiger partial charge on any atom is 0.255 e. The van der Waals surface area contributed by atoms with Crippen molar-refractivity contribution < 1.29 is 9.53 Å². The number of hydrogen-bond acceptors (Lipinski definition) is 4. The molecule has 1 amide bonds. The number of halogens is 2. The summed E-state index contributed by atoms with van der Waals surface area (Å²) in [4.78, 5) is 21.7. The van der Waals surface area contributed by atoms with Crippen molar-refractivity contribution in [1.82, 2.24) is 9.88 Å². The van der Waals surface area contributed by atoms with E-state index in [1.807, 2.05) is 17.0 Å². The van der Waals surface area contributed by atoms with Crippen LogP contribution in [0, 0.1) is 6.92 Å². The molecule has 4 rings (SSSR count). The van der Waals surface area contributed by atoms with Crippen LogP contribution in [0.3, 0.4) is 0 Å². The molecule has 0 radical (unpaired) electrons. The van der Waals surface area contributed by atoms with Gasteiger partial charge in [0.15, 0.2) is 0 Å². The van der Waals surface area contributed by atoms with Gasteiger partial charge in [-0.05, 0) is 42.8 Å². The first-order valence-electron chi connectivity index (χ1n) is 9.41. The number of hydrogen-bond donors (Lipinski definition) is 0. The summed E-state index contributed by atoms with van der Waals surface area (Å²) in [5.41, 5.74) is 2.49. The number of nitrogens with zero attached hydrogens (tertiary/aromatic N) is 3. The van der Waals surface area contributed by atoms with Crippen LogP contribution in [-0.2, 0) is 0 Å². The first-order chi connectivity index (χ1) is 14.0. The molecule has 0 saturated carbocycles. The van der Waals surface area contributed by atoms with E-state index in [0.717, 1.165) is 28.0 Å². The van der Waals surface area contributed by atoms with E-state index in [9.17, 15) is 4.79 Å². The summed E-state index contributed by atoms with van der Waals surface area (Å²) >= 11 is 12.1. The van der Waals surface area contributed by atoms with Crippen LogP contribution in [0.2, 0.25) is 10.0 Å². The fourth-order valence-electron chi connectivity index (χ4n) is 3.67. The van der Waals surface area contributed by atoms with Gasteiger partial charge in [0.05, 0.1) is 17.7 Å². The molecule has 2 heterocycles. The Labute approximate surface area is 179 Å². The molecule has 5 nitrogen and oxygen atoms in total. The largest absolute Gasteiger partial charge is 0.494 e. The lowest BCUT2D eigenvalue weighted by atomic mass is 10.1. The molecule has 7 heteroatoms. The van der Waals surface area contributed by atoms with E-state index in [1.54, 1.807) is 25.3 Å². The number of carbonyl (C=O) groups excluding carboxylic acids is 1. The summed E-state index contributed by atoms with van der Waals surface area (Å²) in [6, 6.07) is 13.0. The minimum absolute atomic E-state index is 0.0735. The molecule has 0 spiro atoms. The number of piperazine rings is 1. The zero-order chi connectivity index (χ0) is 20.5. The molecular formula is C22H21Cl2N3O2. The molecule has 0 unspecified atom stereocenters. The van der Waals surface area contributed by atoms with Gasteiger partial charge in [0.1, 0.15) is 17.1 Å². The van der Waals surface area contributed by atoms with Crippen molar-refractivity contribution in [3.63, 3.8) is 0 Å². The van der Waals surface area contributed by atoms with Crippen LogP contribution in [0.15, 0.2) is 42.5 Å². The maximum absolute atomic E-state index is 12.8. The van der Waals surface area contributed by atoms with Gasteiger partial charge in [-0.1, -0.05) is 35.3 Å². The van der Waals surface area contributed by atoms with Crippen LogP contribution in [0.5, 0.6) is 5.75 Å². The fraction of sp³-hybridized carbons (Fsp3) is 0.273. The summed E-state index contributed by atoms with van der Waals surface area (Å²) < 4.78 is 5.49. The number of methoxy groups -OCH3 is 1. The van der Waals surface area contributed by atoms with Crippen molar-refractivity contribution in [1.29, 1.82) is 0 Å². The highest BCUT2D eigenvalue weighted by Crippen LogP contribution is 2.30.